The number of ether oxygens (including phenoxy) is 2. The lowest BCUT2D eigenvalue weighted by molar-refractivity contribution is -0.234. The minimum atomic E-state index is -0.787. The molecule has 3 atom stereocenters. The van der Waals surface area contributed by atoms with Crippen LogP contribution in [0, 0.1) is 5.92 Å². The van der Waals surface area contributed by atoms with Crippen molar-refractivity contribution < 1.29 is 9.47 Å². The van der Waals surface area contributed by atoms with Gasteiger partial charge in [0.25, 0.3) is 0 Å². The third-order valence-electron chi connectivity index (χ3n) is 6.74. The van der Waals surface area contributed by atoms with E-state index in [9.17, 15) is 0 Å². The highest BCUT2D eigenvalue weighted by Crippen LogP contribution is 2.60. The first-order valence-electron chi connectivity index (χ1n) is 10.7. The molecule has 0 radical (unpaired) electrons. The van der Waals surface area contributed by atoms with E-state index in [1.54, 1.807) is 0 Å². The largest absolute Gasteiger partial charge is 0.459 e. The van der Waals surface area contributed by atoms with Gasteiger partial charge in [0.05, 0.1) is 0 Å². The molecule has 4 aromatic carbocycles. The van der Waals surface area contributed by atoms with Gasteiger partial charge < -0.3 is 9.47 Å². The standard InChI is InChI=1S/C28H24O2/c1-19-17-27(25-13-11-21-7-3-5-9-23(21)15-25)20(2)29-28(18-19,30-27)26-14-12-22-8-4-6-10-24(22)16-26/h3-16,19H,2,17-18H2,1H3/t19-,27+,28+/m1/s1. The first kappa shape index (κ1) is 17.7. The van der Waals surface area contributed by atoms with Crippen molar-refractivity contribution in [1.29, 1.82) is 0 Å². The van der Waals surface area contributed by atoms with Gasteiger partial charge in [0, 0.05) is 12.0 Å². The zero-order valence-electron chi connectivity index (χ0n) is 17.1. The van der Waals surface area contributed by atoms with Crippen molar-refractivity contribution in [3.8, 4) is 0 Å². The minimum Gasteiger partial charge on any atom is -0.459 e. The summed E-state index contributed by atoms with van der Waals surface area (Å²) in [6, 6.07) is 29.9. The van der Waals surface area contributed by atoms with Crippen molar-refractivity contribution in [1.82, 2.24) is 0 Å². The molecule has 6 rings (SSSR count). The molecule has 148 valence electrons. The molecule has 2 aliphatic rings. The van der Waals surface area contributed by atoms with E-state index >= 15 is 0 Å². The fourth-order valence-corrected chi connectivity index (χ4v) is 5.34. The molecule has 0 N–H and O–H groups in total. The lowest BCUT2D eigenvalue weighted by atomic mass is 9.78. The normalized spacial score (nSPS) is 28.0. The summed E-state index contributed by atoms with van der Waals surface area (Å²) in [4.78, 5) is 0. The lowest BCUT2D eigenvalue weighted by Crippen LogP contribution is -2.41. The van der Waals surface area contributed by atoms with Crippen LogP contribution in [0.15, 0.2) is 97.3 Å². The lowest BCUT2D eigenvalue weighted by Gasteiger charge is -2.40. The van der Waals surface area contributed by atoms with Crippen LogP contribution in [-0.4, -0.2) is 0 Å². The van der Waals surface area contributed by atoms with Crippen molar-refractivity contribution in [3.63, 3.8) is 0 Å². The summed E-state index contributed by atoms with van der Waals surface area (Å²) in [7, 11) is 0. The molecule has 2 fully saturated rings. The zero-order valence-corrected chi connectivity index (χ0v) is 17.1. The smallest absolute Gasteiger partial charge is 0.238 e. The summed E-state index contributed by atoms with van der Waals surface area (Å²) >= 11 is 0. The molecule has 0 aliphatic carbocycles. The van der Waals surface area contributed by atoms with Crippen LogP contribution < -0.4 is 0 Å². The maximum absolute atomic E-state index is 6.90. The highest BCUT2D eigenvalue weighted by molar-refractivity contribution is 5.84. The number of hydrogen-bond donors (Lipinski definition) is 0. The van der Waals surface area contributed by atoms with Gasteiger partial charge in [-0.25, -0.2) is 0 Å². The summed E-state index contributed by atoms with van der Waals surface area (Å²) in [6.45, 7) is 6.63. The third-order valence-corrected chi connectivity index (χ3v) is 6.74. The molecule has 0 amide bonds. The van der Waals surface area contributed by atoms with Crippen LogP contribution in [0.1, 0.15) is 30.9 Å². The van der Waals surface area contributed by atoms with Crippen LogP contribution in [0.25, 0.3) is 21.5 Å². The first-order chi connectivity index (χ1) is 14.6. The first-order valence-corrected chi connectivity index (χ1v) is 10.7. The molecular formula is C28H24O2. The van der Waals surface area contributed by atoms with Crippen LogP contribution in [0.2, 0.25) is 0 Å². The summed E-state index contributed by atoms with van der Waals surface area (Å²) < 4.78 is 13.4. The van der Waals surface area contributed by atoms with E-state index in [2.05, 4.69) is 98.4 Å². The van der Waals surface area contributed by atoms with Crippen LogP contribution in [0.4, 0.5) is 0 Å². The molecule has 0 spiro atoms. The van der Waals surface area contributed by atoms with Crippen LogP contribution >= 0.6 is 0 Å². The van der Waals surface area contributed by atoms with E-state index in [1.807, 2.05) is 0 Å². The second-order valence-corrected chi connectivity index (χ2v) is 8.84. The fraction of sp³-hybridized carbons (Fsp3) is 0.214. The second kappa shape index (κ2) is 6.20. The Morgan fingerprint density at radius 3 is 1.97 bits per heavy atom. The van der Waals surface area contributed by atoms with Crippen LogP contribution in [-0.2, 0) is 20.9 Å². The van der Waals surface area contributed by atoms with E-state index in [-0.39, 0.29) is 0 Å². The molecule has 0 aromatic heterocycles. The van der Waals surface area contributed by atoms with Gasteiger partial charge in [-0.2, -0.15) is 0 Å². The van der Waals surface area contributed by atoms with E-state index < -0.39 is 11.4 Å². The summed E-state index contributed by atoms with van der Waals surface area (Å²) in [6.07, 6.45) is 1.69. The molecule has 0 unspecified atom stereocenters. The Hall–Kier alpha value is -3.10. The van der Waals surface area contributed by atoms with Crippen LogP contribution in [0.5, 0.6) is 0 Å². The average Bonchev–Trinajstić information content (AvgIpc) is 2.99. The molecule has 2 saturated heterocycles. The van der Waals surface area contributed by atoms with Gasteiger partial charge >= 0.3 is 0 Å². The Labute approximate surface area is 176 Å². The Balaban J connectivity index is 1.50. The monoisotopic (exact) mass is 392 g/mol. The van der Waals surface area contributed by atoms with Gasteiger partial charge in [0.1, 0.15) is 5.76 Å². The average molecular weight is 392 g/mol. The van der Waals surface area contributed by atoms with Gasteiger partial charge in [-0.3, -0.25) is 0 Å². The minimum absolute atomic E-state index is 0.441. The van der Waals surface area contributed by atoms with Crippen LogP contribution in [0.3, 0.4) is 0 Å². The number of hydrogen-bond acceptors (Lipinski definition) is 2. The SMILES string of the molecule is C=C1O[C@@]2(c3ccc4ccccc4c3)C[C@H](C)C[C@]1(c1ccc3ccccc3c1)O2. The predicted octanol–water partition coefficient (Wildman–Crippen LogP) is 7.03. The molecule has 2 bridgehead atoms. The summed E-state index contributed by atoms with van der Waals surface area (Å²) in [5.74, 6) is 0.371. The van der Waals surface area contributed by atoms with E-state index in [1.165, 1.54) is 21.5 Å². The number of benzene rings is 4. The molecule has 2 nitrogen and oxygen atoms in total. The molecule has 4 aromatic rings. The van der Waals surface area contributed by atoms with E-state index in [0.29, 0.717) is 5.92 Å². The number of fused-ring (bicyclic) bond motifs is 4. The van der Waals surface area contributed by atoms with Gasteiger partial charge in [0.15, 0.2) is 5.60 Å². The van der Waals surface area contributed by atoms with E-state index in [0.717, 1.165) is 29.7 Å². The van der Waals surface area contributed by atoms with Gasteiger partial charge in [-0.05, 0) is 51.6 Å². The molecule has 2 aliphatic heterocycles. The molecule has 2 heteroatoms. The highest BCUT2D eigenvalue weighted by atomic mass is 16.8. The fourth-order valence-electron chi connectivity index (χ4n) is 5.34. The highest BCUT2D eigenvalue weighted by Gasteiger charge is 2.60. The topological polar surface area (TPSA) is 18.5 Å². The Bertz CT molecular complexity index is 1310. The maximum Gasteiger partial charge on any atom is 0.238 e. The Morgan fingerprint density at radius 1 is 0.733 bits per heavy atom. The van der Waals surface area contributed by atoms with Gasteiger partial charge in [-0.1, -0.05) is 86.3 Å². The predicted molar refractivity (Wildman–Crippen MR) is 121 cm³/mol. The number of rotatable bonds is 2. The Morgan fingerprint density at radius 2 is 1.30 bits per heavy atom. The van der Waals surface area contributed by atoms with Gasteiger partial charge in [-0.15, -0.1) is 0 Å². The molecule has 30 heavy (non-hydrogen) atoms. The Kier molecular flexibility index (Phi) is 3.66. The van der Waals surface area contributed by atoms with Crippen molar-refractivity contribution in [2.45, 2.75) is 31.2 Å². The summed E-state index contributed by atoms with van der Waals surface area (Å²) in [5, 5.41) is 4.86. The molecular weight excluding hydrogens is 368 g/mol. The van der Waals surface area contributed by atoms with E-state index in [4.69, 9.17) is 9.47 Å². The molecule has 0 saturated carbocycles. The quantitative estimate of drug-likeness (QED) is 0.364. The maximum atomic E-state index is 6.90. The van der Waals surface area contributed by atoms with Crippen molar-refractivity contribution in [2.75, 3.05) is 0 Å². The second-order valence-electron chi connectivity index (χ2n) is 8.84. The zero-order chi connectivity index (χ0) is 20.3. The molecule has 2 heterocycles. The van der Waals surface area contributed by atoms with Crippen molar-refractivity contribution in [3.05, 3.63) is 108 Å². The van der Waals surface area contributed by atoms with Crippen molar-refractivity contribution >= 4 is 21.5 Å². The van der Waals surface area contributed by atoms with Gasteiger partial charge in [0.2, 0.25) is 5.79 Å². The third kappa shape index (κ3) is 2.47. The van der Waals surface area contributed by atoms with Crippen molar-refractivity contribution in [2.24, 2.45) is 5.92 Å². The summed E-state index contributed by atoms with van der Waals surface area (Å²) in [5.41, 5.74) is 1.57.